The van der Waals surface area contributed by atoms with Crippen LogP contribution in [0.25, 0.3) is 0 Å². The molecule has 0 fully saturated rings. The van der Waals surface area contributed by atoms with Gasteiger partial charge in [-0.2, -0.15) is 0 Å². The van der Waals surface area contributed by atoms with Crippen LogP contribution in [-0.4, -0.2) is 111 Å². The molecular weight excluding hydrogens is 384 g/mol. The van der Waals surface area contributed by atoms with Gasteiger partial charge in [0.1, 0.15) is 0 Å². The van der Waals surface area contributed by atoms with Crippen LogP contribution in [0.5, 0.6) is 0 Å². The Kier molecular flexibility index (Phi) is 23.8. The van der Waals surface area contributed by atoms with E-state index in [1.54, 1.807) is 0 Å². The summed E-state index contributed by atoms with van der Waals surface area (Å²) in [5.74, 6) is -7.61. The summed E-state index contributed by atoms with van der Waals surface area (Å²) in [5, 5.41) is 96.7. The Bertz CT molecular complexity index is 205. The second-order valence-electron chi connectivity index (χ2n) is 5.50. The first kappa shape index (κ1) is 36.2. The topological polar surface area (TPSA) is 243 Å². The average molecular weight is 416 g/mol. The Morgan fingerprint density at radius 1 is 0.400 bits per heavy atom. The first-order chi connectivity index (χ1) is 10.2. The van der Waals surface area contributed by atoms with E-state index < -0.39 is 49.6 Å². The summed E-state index contributed by atoms with van der Waals surface area (Å²) in [4.78, 5) is 0. The molecule has 12 nitrogen and oxygen atoms in total. The largest absolute Gasteiger partial charge is 0.391 e. The maximum atomic E-state index is 8.13. The van der Waals surface area contributed by atoms with Crippen molar-refractivity contribution in [1.82, 2.24) is 0 Å². The van der Waals surface area contributed by atoms with E-state index in [1.807, 2.05) is 0 Å². The molecule has 0 saturated carbocycles. The van der Waals surface area contributed by atoms with Gasteiger partial charge in [-0.15, -0.1) is 0 Å². The Morgan fingerprint density at radius 3 is 0.440 bits per heavy atom. The number of aliphatic hydroxyl groups excluding tert-OH is 4. The fraction of sp³-hybridized carbons (Fsp3) is 1.00. The molecule has 0 unspecified atom stereocenters. The van der Waals surface area contributed by atoms with Crippen LogP contribution >= 0.6 is 0 Å². The summed E-state index contributed by atoms with van der Waals surface area (Å²) in [7, 11) is 0. The number of aliphatic hydroxyl groups is 12. The number of rotatable bonds is 4. The predicted octanol–water partition coefficient (Wildman–Crippen LogP) is -5.28. The molecule has 0 spiro atoms. The molecule has 0 bridgehead atoms. The van der Waals surface area contributed by atoms with Crippen molar-refractivity contribution in [2.75, 3.05) is 26.4 Å². The van der Waals surface area contributed by atoms with E-state index in [9.17, 15) is 0 Å². The molecule has 13 heteroatoms. The van der Waals surface area contributed by atoms with E-state index >= 15 is 0 Å². The summed E-state index contributed by atoms with van der Waals surface area (Å²) in [5.41, 5.74) is 0. The second kappa shape index (κ2) is 16.4. The van der Waals surface area contributed by atoms with Gasteiger partial charge in [0.2, 0.25) is 0 Å². The normalized spacial score (nSPS) is 11.5. The summed E-state index contributed by atoms with van der Waals surface area (Å²) in [6.07, 6.45) is 0. The fourth-order valence-electron chi connectivity index (χ4n) is 0. The average Bonchev–Trinajstić information content (AvgIpc) is 2.37. The monoisotopic (exact) mass is 416 g/mol. The third-order valence-corrected chi connectivity index (χ3v) is 1.20. The Labute approximate surface area is 160 Å². The van der Waals surface area contributed by atoms with Gasteiger partial charge in [0, 0.05) is 21.7 Å². The van der Waals surface area contributed by atoms with Gasteiger partial charge in [-0.05, 0) is 27.7 Å². The van der Waals surface area contributed by atoms with Crippen LogP contribution in [0.4, 0.5) is 0 Å². The van der Waals surface area contributed by atoms with Gasteiger partial charge < -0.3 is 61.3 Å². The maximum Gasteiger partial charge on any atom is 0.183 e. The van der Waals surface area contributed by atoms with Crippen molar-refractivity contribution < 1.29 is 83.0 Å². The van der Waals surface area contributed by atoms with E-state index in [0.717, 1.165) is 27.7 Å². The summed E-state index contributed by atoms with van der Waals surface area (Å²) in [6, 6.07) is 0. The van der Waals surface area contributed by atoms with Gasteiger partial charge in [-0.3, -0.25) is 0 Å². The third-order valence-electron chi connectivity index (χ3n) is 1.20. The van der Waals surface area contributed by atoms with Crippen LogP contribution < -0.4 is 0 Å². The first-order valence-electron chi connectivity index (χ1n) is 6.47. The van der Waals surface area contributed by atoms with Crippen molar-refractivity contribution in [3.05, 3.63) is 0 Å². The maximum absolute atomic E-state index is 8.13. The molecule has 0 aliphatic rings. The minimum Gasteiger partial charge on any atom is -0.391 e. The quantitative estimate of drug-likeness (QED) is 0.152. The molecule has 0 amide bonds. The Morgan fingerprint density at radius 2 is 0.440 bits per heavy atom. The minimum absolute atomic E-state index is 0. The molecule has 0 aromatic carbocycles. The van der Waals surface area contributed by atoms with Gasteiger partial charge in [0.15, 0.2) is 23.1 Å². The zero-order valence-corrected chi connectivity index (χ0v) is 16.3. The predicted molar refractivity (Wildman–Crippen MR) is 79.7 cm³/mol. The van der Waals surface area contributed by atoms with Crippen LogP contribution in [-0.2, 0) is 21.7 Å². The number of hydrogen-bond acceptors (Lipinski definition) is 12. The molecule has 0 atom stereocenters. The summed E-state index contributed by atoms with van der Waals surface area (Å²) >= 11 is 0. The minimum atomic E-state index is -1.90. The van der Waals surface area contributed by atoms with Gasteiger partial charge in [-0.1, -0.05) is 0 Å². The molecule has 0 heterocycles. The summed E-state index contributed by atoms with van der Waals surface area (Å²) in [6.45, 7) is 1.94. The molecule has 0 aromatic heterocycles. The number of hydrogen-bond donors (Lipinski definition) is 12. The molecule has 0 saturated heterocycles. The van der Waals surface area contributed by atoms with E-state index in [2.05, 4.69) is 0 Å². The van der Waals surface area contributed by atoms with Crippen molar-refractivity contribution in [3.63, 3.8) is 0 Å². The van der Waals surface area contributed by atoms with Crippen molar-refractivity contribution in [2.24, 2.45) is 0 Å². The standard InChI is InChI=1S/4C3H8O3.Ti/c4*1-3(5,6)2-4;/h4*4-6H,2H2,1H3;. The molecule has 0 aliphatic heterocycles. The fourth-order valence-corrected chi connectivity index (χ4v) is 0. The van der Waals surface area contributed by atoms with Crippen LogP contribution in [0.15, 0.2) is 0 Å². The van der Waals surface area contributed by atoms with Gasteiger partial charge in [0.25, 0.3) is 0 Å². The third kappa shape index (κ3) is 80.0. The van der Waals surface area contributed by atoms with Gasteiger partial charge >= 0.3 is 0 Å². The van der Waals surface area contributed by atoms with E-state index in [-0.39, 0.29) is 21.7 Å². The van der Waals surface area contributed by atoms with Crippen molar-refractivity contribution in [1.29, 1.82) is 0 Å². The molecule has 25 heavy (non-hydrogen) atoms. The Balaban J connectivity index is -0.0000000702. The summed E-state index contributed by atoms with van der Waals surface area (Å²) < 4.78 is 0. The molecule has 0 aliphatic carbocycles. The second-order valence-corrected chi connectivity index (χ2v) is 5.50. The molecule has 12 N–H and O–H groups in total. The van der Waals surface area contributed by atoms with Gasteiger partial charge in [-0.25, -0.2) is 0 Å². The van der Waals surface area contributed by atoms with Crippen molar-refractivity contribution in [3.8, 4) is 0 Å². The van der Waals surface area contributed by atoms with Crippen LogP contribution in [0.2, 0.25) is 0 Å². The smallest absolute Gasteiger partial charge is 0.183 e. The van der Waals surface area contributed by atoms with Crippen LogP contribution in [0.1, 0.15) is 27.7 Å². The first-order valence-corrected chi connectivity index (χ1v) is 6.47. The van der Waals surface area contributed by atoms with Crippen LogP contribution in [0.3, 0.4) is 0 Å². The SMILES string of the molecule is CC(O)(O)CO.CC(O)(O)CO.CC(O)(O)CO.CC(O)(O)CO.[Ti]. The van der Waals surface area contributed by atoms with E-state index in [1.165, 1.54) is 0 Å². The van der Waals surface area contributed by atoms with E-state index in [0.29, 0.717) is 0 Å². The molecule has 0 aromatic rings. The zero-order chi connectivity index (χ0) is 20.8. The molecule has 0 rings (SSSR count). The van der Waals surface area contributed by atoms with E-state index in [4.69, 9.17) is 61.3 Å². The Hall–Kier alpha value is 0.234. The van der Waals surface area contributed by atoms with Crippen molar-refractivity contribution >= 4 is 0 Å². The van der Waals surface area contributed by atoms with Crippen molar-refractivity contribution in [2.45, 2.75) is 50.8 Å². The van der Waals surface area contributed by atoms with Gasteiger partial charge in [0.05, 0.1) is 26.4 Å². The molecular formula is C12H32O12Ti. The van der Waals surface area contributed by atoms with Crippen LogP contribution in [0, 0.1) is 0 Å². The zero-order valence-electron chi connectivity index (χ0n) is 14.7. The molecule has 156 valence electrons. The molecule has 0 radical (unpaired) electrons.